The second-order valence-corrected chi connectivity index (χ2v) is 5.55. The van der Waals surface area contributed by atoms with E-state index in [1.54, 1.807) is 0 Å². The number of carbonyl (C=O) groups is 1. The van der Waals surface area contributed by atoms with E-state index in [2.05, 4.69) is 5.32 Å². The van der Waals surface area contributed by atoms with E-state index in [0.29, 0.717) is 6.54 Å². The van der Waals surface area contributed by atoms with Crippen LogP contribution >= 0.6 is 0 Å². The quantitative estimate of drug-likeness (QED) is 0.854. The number of carbonyl (C=O) groups excluding carboxylic acids is 1. The average molecular weight is 262 g/mol. The number of benzene rings is 1. The van der Waals surface area contributed by atoms with Crippen molar-refractivity contribution >= 4 is 5.91 Å². The van der Waals surface area contributed by atoms with Crippen molar-refractivity contribution in [3.05, 3.63) is 35.4 Å². The molecular weight excluding hydrogens is 240 g/mol. The molecule has 0 aliphatic heterocycles. The predicted octanol–water partition coefficient (Wildman–Crippen LogP) is 1.10. The summed E-state index contributed by atoms with van der Waals surface area (Å²) in [6.07, 6.45) is 0.288. The van der Waals surface area contributed by atoms with E-state index >= 15 is 0 Å². The van der Waals surface area contributed by atoms with Gasteiger partial charge in [0.2, 0.25) is 5.91 Å². The highest BCUT2D eigenvalue weighted by atomic mass is 16.3. The smallest absolute Gasteiger partial charge is 0.234 e. The molecule has 2 atom stereocenters. The van der Waals surface area contributed by atoms with E-state index in [4.69, 9.17) is 0 Å². The molecule has 0 heterocycles. The van der Waals surface area contributed by atoms with Crippen molar-refractivity contribution in [2.45, 2.75) is 38.5 Å². The molecule has 104 valence electrons. The molecule has 1 aliphatic rings. The van der Waals surface area contributed by atoms with Crippen LogP contribution in [0, 0.1) is 0 Å². The van der Waals surface area contributed by atoms with Gasteiger partial charge < -0.3 is 10.4 Å². The van der Waals surface area contributed by atoms with Crippen molar-refractivity contribution in [2.24, 2.45) is 0 Å². The number of hydrogen-bond donors (Lipinski definition) is 2. The molecule has 19 heavy (non-hydrogen) atoms. The SMILES string of the molecule is CC(C)NC(=O)CN(C)C1Cc2ccccc2C1O. The fraction of sp³-hybridized carbons (Fsp3) is 0.533. The Labute approximate surface area is 114 Å². The van der Waals surface area contributed by atoms with Gasteiger partial charge in [-0.15, -0.1) is 0 Å². The average Bonchev–Trinajstić information content (AvgIpc) is 2.66. The first kappa shape index (κ1) is 14.0. The molecule has 0 saturated carbocycles. The zero-order valence-electron chi connectivity index (χ0n) is 11.8. The number of hydrogen-bond acceptors (Lipinski definition) is 3. The summed E-state index contributed by atoms with van der Waals surface area (Å²) in [5, 5.41) is 13.2. The number of fused-ring (bicyclic) bond motifs is 1. The first-order valence-corrected chi connectivity index (χ1v) is 6.74. The highest BCUT2D eigenvalue weighted by molar-refractivity contribution is 5.78. The summed E-state index contributed by atoms with van der Waals surface area (Å²) in [6.45, 7) is 4.20. The Morgan fingerprint density at radius 1 is 1.47 bits per heavy atom. The zero-order valence-corrected chi connectivity index (χ0v) is 11.8. The normalized spacial score (nSPS) is 21.8. The molecule has 0 spiro atoms. The van der Waals surface area contributed by atoms with Gasteiger partial charge in [0, 0.05) is 12.1 Å². The highest BCUT2D eigenvalue weighted by Gasteiger charge is 2.33. The van der Waals surface area contributed by atoms with Gasteiger partial charge in [-0.1, -0.05) is 24.3 Å². The van der Waals surface area contributed by atoms with Crippen LogP contribution in [-0.2, 0) is 11.2 Å². The molecular formula is C15H22N2O2. The van der Waals surface area contributed by atoms with Gasteiger partial charge in [0.15, 0.2) is 0 Å². The maximum atomic E-state index is 11.8. The number of amides is 1. The highest BCUT2D eigenvalue weighted by Crippen LogP contribution is 2.33. The summed E-state index contributed by atoms with van der Waals surface area (Å²) in [7, 11) is 1.89. The van der Waals surface area contributed by atoms with Crippen LogP contribution in [0.4, 0.5) is 0 Å². The molecule has 0 aromatic heterocycles. The van der Waals surface area contributed by atoms with Crippen molar-refractivity contribution in [2.75, 3.05) is 13.6 Å². The fourth-order valence-corrected chi connectivity index (χ4v) is 2.66. The first-order chi connectivity index (χ1) is 8.99. The van der Waals surface area contributed by atoms with Gasteiger partial charge in [-0.3, -0.25) is 9.69 Å². The standard InChI is InChI=1S/C15H22N2O2/c1-10(2)16-14(18)9-17(3)13-8-11-6-4-5-7-12(11)15(13)19/h4-7,10,13,15,19H,8-9H2,1-3H3,(H,16,18). The molecule has 1 aromatic carbocycles. The molecule has 0 fully saturated rings. The maximum absolute atomic E-state index is 11.8. The van der Waals surface area contributed by atoms with Crippen molar-refractivity contribution in [3.8, 4) is 0 Å². The minimum Gasteiger partial charge on any atom is -0.387 e. The van der Waals surface area contributed by atoms with Crippen molar-refractivity contribution < 1.29 is 9.90 Å². The summed E-state index contributed by atoms with van der Waals surface area (Å²) in [5.41, 5.74) is 2.17. The predicted molar refractivity (Wildman–Crippen MR) is 74.8 cm³/mol. The molecule has 1 aromatic rings. The largest absolute Gasteiger partial charge is 0.387 e. The third kappa shape index (κ3) is 3.14. The summed E-state index contributed by atoms with van der Waals surface area (Å²) >= 11 is 0. The Morgan fingerprint density at radius 2 is 2.16 bits per heavy atom. The van der Waals surface area contributed by atoms with Crippen LogP contribution in [0.15, 0.2) is 24.3 Å². The fourth-order valence-electron chi connectivity index (χ4n) is 2.66. The minimum atomic E-state index is -0.506. The molecule has 1 aliphatic carbocycles. The van der Waals surface area contributed by atoms with E-state index in [9.17, 15) is 9.90 Å². The number of likely N-dealkylation sites (N-methyl/N-ethyl adjacent to an activating group) is 1. The van der Waals surface area contributed by atoms with E-state index in [1.807, 2.05) is 50.1 Å². The lowest BCUT2D eigenvalue weighted by molar-refractivity contribution is -0.123. The first-order valence-electron chi connectivity index (χ1n) is 6.74. The van der Waals surface area contributed by atoms with Gasteiger partial charge in [-0.05, 0) is 38.4 Å². The van der Waals surface area contributed by atoms with Gasteiger partial charge in [0.05, 0.1) is 12.6 Å². The molecule has 0 bridgehead atoms. The second-order valence-electron chi connectivity index (χ2n) is 5.55. The minimum absolute atomic E-state index is 0.000608. The Kier molecular flexibility index (Phi) is 4.22. The topological polar surface area (TPSA) is 52.6 Å². The van der Waals surface area contributed by atoms with Crippen molar-refractivity contribution in [1.82, 2.24) is 10.2 Å². The Hall–Kier alpha value is -1.39. The third-order valence-corrected chi connectivity index (χ3v) is 3.58. The van der Waals surface area contributed by atoms with Gasteiger partial charge in [-0.2, -0.15) is 0 Å². The van der Waals surface area contributed by atoms with Crippen LogP contribution < -0.4 is 5.32 Å². The van der Waals surface area contributed by atoms with E-state index in [-0.39, 0.29) is 18.0 Å². The van der Waals surface area contributed by atoms with E-state index < -0.39 is 6.10 Å². The maximum Gasteiger partial charge on any atom is 0.234 e. The van der Waals surface area contributed by atoms with Gasteiger partial charge in [-0.25, -0.2) is 0 Å². The van der Waals surface area contributed by atoms with Gasteiger partial charge in [0.25, 0.3) is 0 Å². The zero-order chi connectivity index (χ0) is 14.0. The molecule has 4 heteroatoms. The molecule has 4 nitrogen and oxygen atoms in total. The molecule has 1 amide bonds. The van der Waals surface area contributed by atoms with Gasteiger partial charge >= 0.3 is 0 Å². The molecule has 0 saturated heterocycles. The van der Waals surface area contributed by atoms with Crippen LogP contribution in [0.5, 0.6) is 0 Å². The monoisotopic (exact) mass is 262 g/mol. The second kappa shape index (κ2) is 5.72. The van der Waals surface area contributed by atoms with Crippen LogP contribution in [0.25, 0.3) is 0 Å². The summed E-state index contributed by atoms with van der Waals surface area (Å²) in [4.78, 5) is 13.7. The van der Waals surface area contributed by atoms with Crippen LogP contribution in [0.3, 0.4) is 0 Å². The molecule has 2 unspecified atom stereocenters. The summed E-state index contributed by atoms with van der Waals surface area (Å²) < 4.78 is 0. The lowest BCUT2D eigenvalue weighted by atomic mass is 10.1. The van der Waals surface area contributed by atoms with Crippen LogP contribution in [0.1, 0.15) is 31.1 Å². The molecule has 0 radical (unpaired) electrons. The van der Waals surface area contributed by atoms with Crippen LogP contribution in [-0.4, -0.2) is 41.6 Å². The number of aliphatic hydroxyl groups is 1. The Morgan fingerprint density at radius 3 is 2.79 bits per heavy atom. The van der Waals surface area contributed by atoms with E-state index in [1.165, 1.54) is 5.56 Å². The molecule has 2 rings (SSSR count). The summed E-state index contributed by atoms with van der Waals surface area (Å²) in [5.74, 6) is 0.000608. The van der Waals surface area contributed by atoms with E-state index in [0.717, 1.165) is 12.0 Å². The lowest BCUT2D eigenvalue weighted by Gasteiger charge is -2.26. The van der Waals surface area contributed by atoms with Crippen LogP contribution in [0.2, 0.25) is 0 Å². The van der Waals surface area contributed by atoms with Crippen molar-refractivity contribution in [1.29, 1.82) is 0 Å². The Balaban J connectivity index is 1.99. The number of nitrogens with zero attached hydrogens (tertiary/aromatic N) is 1. The Bertz CT molecular complexity index is 459. The third-order valence-electron chi connectivity index (χ3n) is 3.58. The van der Waals surface area contributed by atoms with Gasteiger partial charge in [0.1, 0.15) is 0 Å². The number of rotatable bonds is 4. The summed E-state index contributed by atoms with van der Waals surface area (Å²) in [6, 6.07) is 8.06. The lowest BCUT2D eigenvalue weighted by Crippen LogP contribution is -2.44. The molecule has 2 N–H and O–H groups in total. The van der Waals surface area contributed by atoms with Crippen molar-refractivity contribution in [3.63, 3.8) is 0 Å². The number of nitrogens with one attached hydrogen (secondary N) is 1. The number of aliphatic hydroxyl groups excluding tert-OH is 1.